The Morgan fingerprint density at radius 2 is 1.51 bits per heavy atom. The van der Waals surface area contributed by atoms with Crippen LogP contribution in [0, 0.1) is 12.3 Å². The van der Waals surface area contributed by atoms with Crippen molar-refractivity contribution >= 4 is 43.1 Å². The van der Waals surface area contributed by atoms with Crippen LogP contribution in [0.3, 0.4) is 0 Å². The zero-order chi connectivity index (χ0) is 28.1. The minimum absolute atomic E-state index is 0.0556. The summed E-state index contributed by atoms with van der Waals surface area (Å²) < 4.78 is 27.4. The van der Waals surface area contributed by atoms with Crippen molar-refractivity contribution in [1.82, 2.24) is 0 Å². The SMILES string of the molecule is Cc1ccc(S(=O)(=O)c2ccc(C3C4=C(CC(C)(C)CC4=O)N=C(N)C3=C(O)c3ccc(Br)cc3)cc2)cc1. The number of Topliss-reactive ketones (excluding diaryl/α,β-unsaturated/α-hetero) is 1. The fourth-order valence-electron chi connectivity index (χ4n) is 5.27. The normalized spacial score (nSPS) is 20.4. The van der Waals surface area contributed by atoms with E-state index in [2.05, 4.69) is 20.9 Å². The van der Waals surface area contributed by atoms with Gasteiger partial charge in [0.1, 0.15) is 11.6 Å². The van der Waals surface area contributed by atoms with Crippen LogP contribution in [0.2, 0.25) is 0 Å². The van der Waals surface area contributed by atoms with E-state index in [4.69, 9.17) is 5.73 Å². The molecule has 0 bridgehead atoms. The number of benzene rings is 3. The Labute approximate surface area is 237 Å². The molecule has 3 aromatic carbocycles. The van der Waals surface area contributed by atoms with Crippen molar-refractivity contribution in [3.63, 3.8) is 0 Å². The number of ketones is 1. The molecule has 1 atom stereocenters. The highest BCUT2D eigenvalue weighted by Gasteiger charge is 2.42. The van der Waals surface area contributed by atoms with Crippen LogP contribution in [-0.4, -0.2) is 25.1 Å². The highest BCUT2D eigenvalue weighted by molar-refractivity contribution is 9.10. The van der Waals surface area contributed by atoms with Crippen molar-refractivity contribution in [1.29, 1.82) is 0 Å². The molecule has 1 aliphatic carbocycles. The zero-order valence-electron chi connectivity index (χ0n) is 21.9. The first-order chi connectivity index (χ1) is 18.4. The minimum Gasteiger partial charge on any atom is -0.507 e. The summed E-state index contributed by atoms with van der Waals surface area (Å²) >= 11 is 3.41. The number of hydrogen-bond acceptors (Lipinski definition) is 6. The van der Waals surface area contributed by atoms with Gasteiger partial charge in [-0.25, -0.2) is 13.4 Å². The number of allylic oxidation sites excluding steroid dienone is 2. The monoisotopic (exact) mass is 604 g/mol. The quantitative estimate of drug-likeness (QED) is 0.324. The van der Waals surface area contributed by atoms with Crippen LogP contribution in [0.1, 0.15) is 49.3 Å². The van der Waals surface area contributed by atoms with Gasteiger partial charge in [0.25, 0.3) is 0 Å². The molecule has 0 saturated carbocycles. The molecule has 39 heavy (non-hydrogen) atoms. The summed E-state index contributed by atoms with van der Waals surface area (Å²) in [6, 6.07) is 20.3. The van der Waals surface area contributed by atoms with Gasteiger partial charge >= 0.3 is 0 Å². The summed E-state index contributed by atoms with van der Waals surface area (Å²) in [6.45, 7) is 5.94. The number of carbonyl (C=O) groups is 1. The second-order valence-electron chi connectivity index (χ2n) is 10.9. The molecule has 2 aliphatic rings. The Hall–Kier alpha value is -3.49. The van der Waals surface area contributed by atoms with Gasteiger partial charge in [-0.3, -0.25) is 4.79 Å². The van der Waals surface area contributed by atoms with Gasteiger partial charge in [-0.05, 0) is 60.7 Å². The van der Waals surface area contributed by atoms with Crippen LogP contribution in [0.15, 0.2) is 109 Å². The first-order valence-corrected chi connectivity index (χ1v) is 14.9. The Bertz CT molecular complexity index is 1670. The summed E-state index contributed by atoms with van der Waals surface area (Å²) in [6.07, 6.45) is 0.904. The maximum atomic E-state index is 13.5. The topological polar surface area (TPSA) is 110 Å². The third-order valence-electron chi connectivity index (χ3n) is 7.23. The average Bonchev–Trinajstić information content (AvgIpc) is 2.87. The van der Waals surface area contributed by atoms with Crippen LogP contribution < -0.4 is 5.73 Å². The second kappa shape index (κ2) is 9.92. The van der Waals surface area contributed by atoms with E-state index < -0.39 is 15.8 Å². The first-order valence-electron chi connectivity index (χ1n) is 12.6. The number of carbonyl (C=O) groups excluding carboxylic acids is 1. The molecule has 8 heteroatoms. The van der Waals surface area contributed by atoms with E-state index in [1.807, 2.05) is 20.8 Å². The van der Waals surface area contributed by atoms with Crippen LogP contribution >= 0.6 is 15.9 Å². The van der Waals surface area contributed by atoms with E-state index in [0.29, 0.717) is 40.8 Å². The fraction of sp³-hybridized carbons (Fsp3) is 0.226. The first kappa shape index (κ1) is 27.1. The molecule has 5 rings (SSSR count). The Morgan fingerprint density at radius 1 is 0.949 bits per heavy atom. The number of sulfone groups is 1. The molecular formula is C31H29BrN2O4S. The highest BCUT2D eigenvalue weighted by atomic mass is 79.9. The minimum atomic E-state index is -3.73. The summed E-state index contributed by atoms with van der Waals surface area (Å²) in [7, 11) is -3.73. The van der Waals surface area contributed by atoms with Gasteiger partial charge in [0.05, 0.1) is 15.5 Å². The van der Waals surface area contributed by atoms with Crippen molar-refractivity contribution in [2.75, 3.05) is 0 Å². The van der Waals surface area contributed by atoms with Gasteiger partial charge in [-0.1, -0.05) is 71.7 Å². The van der Waals surface area contributed by atoms with E-state index in [1.54, 1.807) is 60.7 Å². The summed E-state index contributed by atoms with van der Waals surface area (Å²) in [5.41, 5.74) is 9.80. The standard InChI is InChI=1S/C31H29BrN2O4S/c1-18-4-12-22(13-5-18)39(37,38)23-14-8-19(9-15-23)26-27-24(16-31(2,3)17-25(27)35)34-30(33)28(26)29(36)20-6-10-21(32)11-7-20/h4-15,26,36H,16-17H2,1-3H3,(H2,33,34). The van der Waals surface area contributed by atoms with Crippen LogP contribution in [0.4, 0.5) is 0 Å². The number of aryl methyl sites for hydroxylation is 1. The fourth-order valence-corrected chi connectivity index (χ4v) is 6.80. The van der Waals surface area contributed by atoms with E-state index in [0.717, 1.165) is 10.0 Å². The van der Waals surface area contributed by atoms with Crippen LogP contribution in [0.25, 0.3) is 5.76 Å². The predicted molar refractivity (Wildman–Crippen MR) is 156 cm³/mol. The third kappa shape index (κ3) is 5.11. The average molecular weight is 606 g/mol. The van der Waals surface area contributed by atoms with E-state index >= 15 is 0 Å². The number of nitrogens with zero attached hydrogens (tertiary/aromatic N) is 1. The van der Waals surface area contributed by atoms with Gasteiger partial charge < -0.3 is 10.8 Å². The lowest BCUT2D eigenvalue weighted by atomic mass is 9.68. The molecule has 0 radical (unpaired) electrons. The maximum absolute atomic E-state index is 13.5. The lowest BCUT2D eigenvalue weighted by Gasteiger charge is -2.37. The largest absolute Gasteiger partial charge is 0.507 e. The molecule has 0 aromatic heterocycles. The van der Waals surface area contributed by atoms with E-state index in [-0.39, 0.29) is 32.6 Å². The van der Waals surface area contributed by atoms with Crippen molar-refractivity contribution in [2.45, 2.75) is 49.3 Å². The molecule has 1 aliphatic heterocycles. The van der Waals surface area contributed by atoms with Gasteiger partial charge in [0, 0.05) is 33.5 Å². The Kier molecular flexibility index (Phi) is 6.89. The molecule has 1 unspecified atom stereocenters. The number of aliphatic imine (C=N–C) groups is 1. The summed E-state index contributed by atoms with van der Waals surface area (Å²) in [5.74, 6) is -0.684. The molecule has 3 aromatic rings. The van der Waals surface area contributed by atoms with E-state index in [9.17, 15) is 18.3 Å². The zero-order valence-corrected chi connectivity index (χ0v) is 24.3. The smallest absolute Gasteiger partial charge is 0.206 e. The van der Waals surface area contributed by atoms with Crippen molar-refractivity contribution in [3.8, 4) is 0 Å². The number of aliphatic hydroxyl groups is 1. The number of nitrogens with two attached hydrogens (primary N) is 1. The number of rotatable bonds is 4. The molecule has 0 spiro atoms. The lowest BCUT2D eigenvalue weighted by Crippen LogP contribution is -2.35. The highest BCUT2D eigenvalue weighted by Crippen LogP contribution is 2.48. The molecule has 200 valence electrons. The second-order valence-corrected chi connectivity index (χ2v) is 13.8. The Balaban J connectivity index is 1.66. The van der Waals surface area contributed by atoms with Gasteiger partial charge in [-0.15, -0.1) is 0 Å². The van der Waals surface area contributed by atoms with Gasteiger partial charge in [0.15, 0.2) is 5.78 Å². The molecule has 0 amide bonds. The van der Waals surface area contributed by atoms with Gasteiger partial charge in [-0.2, -0.15) is 0 Å². The number of halogens is 1. The molecular weight excluding hydrogens is 576 g/mol. The Morgan fingerprint density at radius 3 is 2.10 bits per heavy atom. The molecule has 6 nitrogen and oxygen atoms in total. The number of amidine groups is 1. The maximum Gasteiger partial charge on any atom is 0.206 e. The van der Waals surface area contributed by atoms with Crippen LogP contribution in [0.5, 0.6) is 0 Å². The van der Waals surface area contributed by atoms with E-state index in [1.165, 1.54) is 12.1 Å². The van der Waals surface area contributed by atoms with Crippen molar-refractivity contribution in [3.05, 3.63) is 111 Å². The molecule has 3 N–H and O–H groups in total. The molecule has 0 saturated heterocycles. The van der Waals surface area contributed by atoms with Gasteiger partial charge in [0.2, 0.25) is 9.84 Å². The van der Waals surface area contributed by atoms with Crippen molar-refractivity contribution < 1.29 is 18.3 Å². The molecule has 0 fully saturated rings. The molecule has 1 heterocycles. The third-order valence-corrected chi connectivity index (χ3v) is 9.55. The number of hydrogen-bond donors (Lipinski definition) is 2. The number of aliphatic hydroxyl groups excluding tert-OH is 1. The van der Waals surface area contributed by atoms with Crippen molar-refractivity contribution in [2.24, 2.45) is 16.1 Å². The summed E-state index contributed by atoms with van der Waals surface area (Å²) in [5, 5.41) is 11.4. The summed E-state index contributed by atoms with van der Waals surface area (Å²) in [4.78, 5) is 18.5. The predicted octanol–water partition coefficient (Wildman–Crippen LogP) is 6.66. The van der Waals surface area contributed by atoms with Crippen LogP contribution in [-0.2, 0) is 14.6 Å². The lowest BCUT2D eigenvalue weighted by molar-refractivity contribution is -0.118.